The van der Waals surface area contributed by atoms with E-state index >= 15 is 0 Å². The molecular formula is C52H35N. The van der Waals surface area contributed by atoms with Crippen molar-refractivity contribution in [1.29, 1.82) is 0 Å². The molecular weight excluding hydrogens is 639 g/mol. The number of para-hydroxylation sites is 1. The molecule has 10 aromatic rings. The van der Waals surface area contributed by atoms with Gasteiger partial charge in [-0.1, -0.05) is 170 Å². The highest BCUT2D eigenvalue weighted by molar-refractivity contribution is 6.15. The van der Waals surface area contributed by atoms with Crippen LogP contribution in [0.25, 0.3) is 76.5 Å². The van der Waals surface area contributed by atoms with Crippen molar-refractivity contribution in [3.05, 3.63) is 212 Å². The van der Waals surface area contributed by atoms with Gasteiger partial charge in [-0.15, -0.1) is 0 Å². The Morgan fingerprint density at radius 2 is 0.623 bits per heavy atom. The summed E-state index contributed by atoms with van der Waals surface area (Å²) in [5.41, 5.74) is 10.6. The van der Waals surface area contributed by atoms with Crippen LogP contribution in [0, 0.1) is 0 Å². The summed E-state index contributed by atoms with van der Waals surface area (Å²) in [5.74, 6) is 0. The van der Waals surface area contributed by atoms with Gasteiger partial charge < -0.3 is 4.90 Å². The zero-order valence-corrected chi connectivity index (χ0v) is 29.2. The molecule has 248 valence electrons. The minimum atomic E-state index is 1.10. The SMILES string of the molecule is c1ccc(-c2ccccc2N(c2ccc(-c3cc4ccccc4c4ccccc34)cc2)c2ccc(-c3cc4ccccc4c4ccccc34)cc2)cc1. The fourth-order valence-electron chi connectivity index (χ4n) is 8.12. The molecule has 0 atom stereocenters. The minimum absolute atomic E-state index is 1.10. The fourth-order valence-corrected chi connectivity index (χ4v) is 8.12. The van der Waals surface area contributed by atoms with Crippen LogP contribution < -0.4 is 4.90 Å². The van der Waals surface area contributed by atoms with E-state index in [0.717, 1.165) is 17.1 Å². The Labute approximate surface area is 309 Å². The Balaban J connectivity index is 1.12. The van der Waals surface area contributed by atoms with Crippen molar-refractivity contribution in [2.24, 2.45) is 0 Å². The molecule has 0 aliphatic rings. The van der Waals surface area contributed by atoms with E-state index in [0.29, 0.717) is 0 Å². The first-order chi connectivity index (χ1) is 26.3. The first kappa shape index (κ1) is 30.8. The van der Waals surface area contributed by atoms with Gasteiger partial charge in [0.2, 0.25) is 0 Å². The van der Waals surface area contributed by atoms with Gasteiger partial charge in [0.15, 0.2) is 0 Å². The standard InChI is InChI=1S/C52H35N/c1-2-14-36(15-3-1)45-20-12-13-25-52(45)53(41-30-26-37(27-31-41)50-34-39-16-4-6-18-43(39)46-21-8-10-23-48(46)50)42-32-28-38(29-33-42)51-35-40-17-5-7-19-44(40)47-22-9-11-24-49(47)51/h1-35H. The maximum atomic E-state index is 2.40. The Hall–Kier alpha value is -6.96. The predicted octanol–water partition coefficient (Wildman–Crippen LogP) is 14.8. The number of benzene rings is 10. The number of nitrogens with zero attached hydrogens (tertiary/aromatic N) is 1. The van der Waals surface area contributed by atoms with Gasteiger partial charge in [0.25, 0.3) is 0 Å². The molecule has 0 fully saturated rings. The van der Waals surface area contributed by atoms with Crippen LogP contribution in [0.2, 0.25) is 0 Å². The summed E-state index contributed by atoms with van der Waals surface area (Å²) in [5, 5.41) is 10.2. The molecule has 0 amide bonds. The van der Waals surface area contributed by atoms with Gasteiger partial charge >= 0.3 is 0 Å². The summed E-state index contributed by atoms with van der Waals surface area (Å²) in [7, 11) is 0. The van der Waals surface area contributed by atoms with E-state index in [1.807, 2.05) is 0 Å². The minimum Gasteiger partial charge on any atom is -0.310 e. The van der Waals surface area contributed by atoms with Crippen molar-refractivity contribution in [3.8, 4) is 33.4 Å². The molecule has 0 saturated carbocycles. The van der Waals surface area contributed by atoms with Crippen molar-refractivity contribution >= 4 is 60.2 Å². The van der Waals surface area contributed by atoms with Gasteiger partial charge in [-0.3, -0.25) is 0 Å². The van der Waals surface area contributed by atoms with E-state index in [2.05, 4.69) is 217 Å². The van der Waals surface area contributed by atoms with E-state index in [4.69, 9.17) is 0 Å². The van der Waals surface area contributed by atoms with Gasteiger partial charge in [0.05, 0.1) is 5.69 Å². The van der Waals surface area contributed by atoms with Crippen LogP contribution in [-0.2, 0) is 0 Å². The van der Waals surface area contributed by atoms with E-state index in [-0.39, 0.29) is 0 Å². The van der Waals surface area contributed by atoms with Gasteiger partial charge in [0.1, 0.15) is 0 Å². The van der Waals surface area contributed by atoms with E-state index in [1.54, 1.807) is 0 Å². The van der Waals surface area contributed by atoms with Crippen molar-refractivity contribution in [3.63, 3.8) is 0 Å². The van der Waals surface area contributed by atoms with Gasteiger partial charge in [0, 0.05) is 16.9 Å². The topological polar surface area (TPSA) is 3.24 Å². The molecule has 0 saturated heterocycles. The fraction of sp³-hybridized carbons (Fsp3) is 0. The summed E-state index contributed by atoms with van der Waals surface area (Å²) in [4.78, 5) is 2.40. The first-order valence-electron chi connectivity index (χ1n) is 18.3. The second kappa shape index (κ2) is 13.0. The molecule has 0 aliphatic heterocycles. The summed E-state index contributed by atoms with van der Waals surface area (Å²) >= 11 is 0. The van der Waals surface area contributed by atoms with Crippen LogP contribution in [-0.4, -0.2) is 0 Å². The molecule has 53 heavy (non-hydrogen) atoms. The highest BCUT2D eigenvalue weighted by atomic mass is 15.1. The lowest BCUT2D eigenvalue weighted by atomic mass is 9.93. The first-order valence-corrected chi connectivity index (χ1v) is 18.3. The van der Waals surface area contributed by atoms with Crippen LogP contribution in [0.15, 0.2) is 212 Å². The highest BCUT2D eigenvalue weighted by Gasteiger charge is 2.18. The molecule has 0 unspecified atom stereocenters. The maximum Gasteiger partial charge on any atom is 0.0540 e. The van der Waals surface area contributed by atoms with Gasteiger partial charge in [-0.25, -0.2) is 0 Å². The third-order valence-electron chi connectivity index (χ3n) is 10.6. The van der Waals surface area contributed by atoms with Crippen molar-refractivity contribution in [2.45, 2.75) is 0 Å². The van der Waals surface area contributed by atoms with E-state index in [1.165, 1.54) is 76.5 Å². The maximum absolute atomic E-state index is 2.40. The summed E-state index contributed by atoms with van der Waals surface area (Å²) < 4.78 is 0. The molecule has 1 heteroatoms. The summed E-state index contributed by atoms with van der Waals surface area (Å²) in [6, 6.07) is 77.2. The van der Waals surface area contributed by atoms with Crippen LogP contribution in [0.5, 0.6) is 0 Å². The Morgan fingerprint density at radius 1 is 0.245 bits per heavy atom. The smallest absolute Gasteiger partial charge is 0.0540 e. The predicted molar refractivity (Wildman–Crippen MR) is 227 cm³/mol. The Bertz CT molecular complexity index is 2760. The average Bonchev–Trinajstić information content (AvgIpc) is 3.24. The molecule has 0 aromatic heterocycles. The molecule has 0 heterocycles. The number of hydrogen-bond donors (Lipinski definition) is 0. The quantitative estimate of drug-likeness (QED) is 0.159. The number of anilines is 3. The van der Waals surface area contributed by atoms with E-state index in [9.17, 15) is 0 Å². The Morgan fingerprint density at radius 3 is 1.13 bits per heavy atom. The molecule has 10 rings (SSSR count). The lowest BCUT2D eigenvalue weighted by molar-refractivity contribution is 1.28. The zero-order valence-electron chi connectivity index (χ0n) is 29.2. The van der Waals surface area contributed by atoms with Gasteiger partial charge in [-0.05, 0) is 113 Å². The third-order valence-corrected chi connectivity index (χ3v) is 10.6. The lowest BCUT2D eigenvalue weighted by Gasteiger charge is -2.28. The highest BCUT2D eigenvalue weighted by Crippen LogP contribution is 2.43. The van der Waals surface area contributed by atoms with Crippen molar-refractivity contribution in [1.82, 2.24) is 0 Å². The molecule has 1 nitrogen and oxygen atoms in total. The van der Waals surface area contributed by atoms with Crippen LogP contribution >= 0.6 is 0 Å². The normalized spacial score (nSPS) is 11.4. The molecule has 0 bridgehead atoms. The monoisotopic (exact) mass is 673 g/mol. The van der Waals surface area contributed by atoms with E-state index < -0.39 is 0 Å². The number of rotatable bonds is 6. The molecule has 0 aliphatic carbocycles. The second-order valence-corrected chi connectivity index (χ2v) is 13.7. The molecule has 0 spiro atoms. The lowest BCUT2D eigenvalue weighted by Crippen LogP contribution is -2.11. The zero-order chi connectivity index (χ0) is 35.1. The van der Waals surface area contributed by atoms with Crippen LogP contribution in [0.1, 0.15) is 0 Å². The van der Waals surface area contributed by atoms with Crippen LogP contribution in [0.4, 0.5) is 17.1 Å². The van der Waals surface area contributed by atoms with Crippen molar-refractivity contribution in [2.75, 3.05) is 4.90 Å². The van der Waals surface area contributed by atoms with Crippen LogP contribution in [0.3, 0.4) is 0 Å². The molecule has 10 aromatic carbocycles. The second-order valence-electron chi connectivity index (χ2n) is 13.7. The molecule has 0 N–H and O–H groups in total. The number of fused-ring (bicyclic) bond motifs is 6. The number of hydrogen-bond acceptors (Lipinski definition) is 1. The largest absolute Gasteiger partial charge is 0.310 e. The van der Waals surface area contributed by atoms with Gasteiger partial charge in [-0.2, -0.15) is 0 Å². The third kappa shape index (κ3) is 5.42. The summed E-state index contributed by atoms with van der Waals surface area (Å²) in [6.45, 7) is 0. The summed E-state index contributed by atoms with van der Waals surface area (Å²) in [6.07, 6.45) is 0. The van der Waals surface area contributed by atoms with Crippen molar-refractivity contribution < 1.29 is 0 Å². The average molecular weight is 674 g/mol. The Kier molecular flexibility index (Phi) is 7.55. The molecule has 0 radical (unpaired) electrons.